The molecule has 1 aliphatic heterocycles. The fraction of sp³-hybridized carbons (Fsp3) is 0. The number of nitrogens with zero attached hydrogens (tertiary/aromatic N) is 2. The number of imide groups is 1. The van der Waals surface area contributed by atoms with E-state index in [-0.39, 0.29) is 22.4 Å². The van der Waals surface area contributed by atoms with Gasteiger partial charge in [-0.15, -0.1) is 0 Å². The van der Waals surface area contributed by atoms with Crippen LogP contribution in [0.3, 0.4) is 0 Å². The minimum absolute atomic E-state index is 0.0428. The number of hydrogen-bond donors (Lipinski definition) is 1. The maximum Gasteiger partial charge on any atom is 0.335 e. The Balaban J connectivity index is 2.13. The third-order valence-corrected chi connectivity index (χ3v) is 3.13. The predicted molar refractivity (Wildman–Crippen MR) is 68.7 cm³/mol. The molecule has 7 heteroatoms. The Kier molecular flexibility index (Phi) is 2.76. The molecule has 0 saturated heterocycles. The normalized spacial score (nSPS) is 13.5. The molecule has 21 heavy (non-hydrogen) atoms. The zero-order chi connectivity index (χ0) is 15.1. The number of benzene rings is 1. The third kappa shape index (κ3) is 1.86. The summed E-state index contributed by atoms with van der Waals surface area (Å²) in [6.45, 7) is 0. The van der Waals surface area contributed by atoms with Crippen molar-refractivity contribution >= 4 is 23.5 Å². The number of rotatable bonds is 2. The second-order valence-electron chi connectivity index (χ2n) is 4.34. The highest BCUT2D eigenvalue weighted by Gasteiger charge is 2.38. The summed E-state index contributed by atoms with van der Waals surface area (Å²) in [5.74, 6) is -3.49. The van der Waals surface area contributed by atoms with Crippen molar-refractivity contribution in [2.24, 2.45) is 0 Å². The fourth-order valence-electron chi connectivity index (χ4n) is 2.14. The summed E-state index contributed by atoms with van der Waals surface area (Å²) in [4.78, 5) is 39.6. The Labute approximate surface area is 117 Å². The molecule has 1 N–H and O–H groups in total. The Morgan fingerprint density at radius 3 is 2.52 bits per heavy atom. The summed E-state index contributed by atoms with van der Waals surface area (Å²) in [5.41, 5.74) is -0.350. The van der Waals surface area contributed by atoms with Gasteiger partial charge in [0.25, 0.3) is 11.8 Å². The largest absolute Gasteiger partial charge is 0.478 e. The van der Waals surface area contributed by atoms with Crippen LogP contribution in [-0.4, -0.2) is 27.9 Å². The van der Waals surface area contributed by atoms with Crippen molar-refractivity contribution in [1.82, 2.24) is 4.98 Å². The Morgan fingerprint density at radius 2 is 1.86 bits per heavy atom. The third-order valence-electron chi connectivity index (χ3n) is 3.13. The number of anilines is 1. The second kappa shape index (κ2) is 4.48. The van der Waals surface area contributed by atoms with Gasteiger partial charge in [0.15, 0.2) is 5.82 Å². The zero-order valence-corrected chi connectivity index (χ0v) is 10.4. The van der Waals surface area contributed by atoms with Crippen LogP contribution in [-0.2, 0) is 0 Å². The van der Waals surface area contributed by atoms with Crippen molar-refractivity contribution < 1.29 is 23.9 Å². The van der Waals surface area contributed by atoms with Crippen LogP contribution < -0.4 is 4.90 Å². The number of carbonyl (C=O) groups excluding carboxylic acids is 2. The summed E-state index contributed by atoms with van der Waals surface area (Å²) in [7, 11) is 0. The number of halogens is 1. The van der Waals surface area contributed by atoms with Crippen LogP contribution in [0.1, 0.15) is 31.1 Å². The van der Waals surface area contributed by atoms with Crippen molar-refractivity contribution in [3.63, 3.8) is 0 Å². The van der Waals surface area contributed by atoms with Crippen molar-refractivity contribution in [1.29, 1.82) is 0 Å². The number of carbonyl (C=O) groups is 3. The smallest absolute Gasteiger partial charge is 0.335 e. The topological polar surface area (TPSA) is 87.6 Å². The number of fused-ring (bicyclic) bond motifs is 1. The zero-order valence-electron chi connectivity index (χ0n) is 10.4. The van der Waals surface area contributed by atoms with Gasteiger partial charge in [-0.05, 0) is 24.3 Å². The van der Waals surface area contributed by atoms with Gasteiger partial charge in [-0.3, -0.25) is 14.6 Å². The van der Waals surface area contributed by atoms with E-state index in [4.69, 9.17) is 5.11 Å². The number of hydrogen-bond acceptors (Lipinski definition) is 4. The molecule has 0 fully saturated rings. The lowest BCUT2D eigenvalue weighted by Gasteiger charge is -2.13. The van der Waals surface area contributed by atoms with E-state index in [0.717, 1.165) is 12.3 Å². The molecule has 6 nitrogen and oxygen atoms in total. The molecule has 2 heterocycles. The molecule has 0 spiro atoms. The van der Waals surface area contributed by atoms with E-state index in [0.29, 0.717) is 4.90 Å². The fourth-order valence-corrected chi connectivity index (χ4v) is 2.14. The molecule has 1 aromatic carbocycles. The van der Waals surface area contributed by atoms with Gasteiger partial charge < -0.3 is 5.11 Å². The highest BCUT2D eigenvalue weighted by Crippen LogP contribution is 2.30. The summed E-state index contributed by atoms with van der Waals surface area (Å²) in [6, 6.07) is 4.78. The molecule has 0 unspecified atom stereocenters. The molecular weight excluding hydrogens is 279 g/mol. The first-order valence-corrected chi connectivity index (χ1v) is 5.86. The summed E-state index contributed by atoms with van der Waals surface area (Å²) in [6.07, 6.45) is 2.15. The van der Waals surface area contributed by atoms with Gasteiger partial charge in [0.05, 0.1) is 28.6 Å². The van der Waals surface area contributed by atoms with Gasteiger partial charge in [0.1, 0.15) is 0 Å². The first-order chi connectivity index (χ1) is 10.0. The van der Waals surface area contributed by atoms with Crippen molar-refractivity contribution in [2.45, 2.75) is 0 Å². The minimum atomic E-state index is -1.22. The van der Waals surface area contributed by atoms with E-state index < -0.39 is 23.6 Å². The SMILES string of the molecule is O=C(O)c1ccc2c(c1)C(=O)N(c1ccncc1F)C2=O. The van der Waals surface area contributed by atoms with Gasteiger partial charge in [0, 0.05) is 6.20 Å². The van der Waals surface area contributed by atoms with E-state index >= 15 is 0 Å². The van der Waals surface area contributed by atoms with E-state index in [1.807, 2.05) is 0 Å². The molecule has 104 valence electrons. The van der Waals surface area contributed by atoms with Gasteiger partial charge >= 0.3 is 5.97 Å². The lowest BCUT2D eigenvalue weighted by Crippen LogP contribution is -2.30. The van der Waals surface area contributed by atoms with Crippen LogP contribution >= 0.6 is 0 Å². The summed E-state index contributed by atoms with van der Waals surface area (Å²) < 4.78 is 13.7. The van der Waals surface area contributed by atoms with Crippen molar-refractivity contribution in [2.75, 3.05) is 4.90 Å². The minimum Gasteiger partial charge on any atom is -0.478 e. The second-order valence-corrected chi connectivity index (χ2v) is 4.34. The predicted octanol–water partition coefficient (Wildman–Crippen LogP) is 1.72. The van der Waals surface area contributed by atoms with Gasteiger partial charge in [-0.25, -0.2) is 14.1 Å². The molecule has 0 saturated carbocycles. The van der Waals surface area contributed by atoms with Gasteiger partial charge in [0.2, 0.25) is 0 Å². The average molecular weight is 286 g/mol. The molecule has 2 amide bonds. The average Bonchev–Trinajstić information content (AvgIpc) is 2.71. The maximum absolute atomic E-state index is 13.7. The number of aromatic carboxylic acids is 1. The van der Waals surface area contributed by atoms with Crippen LogP contribution in [0.2, 0.25) is 0 Å². The first kappa shape index (κ1) is 12.9. The van der Waals surface area contributed by atoms with Crippen LogP contribution in [0.15, 0.2) is 36.7 Å². The molecule has 3 rings (SSSR count). The molecule has 1 aromatic heterocycles. The van der Waals surface area contributed by atoms with Gasteiger partial charge in [-0.2, -0.15) is 0 Å². The number of pyridine rings is 1. The molecule has 2 aromatic rings. The van der Waals surface area contributed by atoms with Crippen molar-refractivity contribution in [3.8, 4) is 0 Å². The van der Waals surface area contributed by atoms with Gasteiger partial charge in [-0.1, -0.05) is 0 Å². The van der Waals surface area contributed by atoms with Crippen LogP contribution in [0.5, 0.6) is 0 Å². The van der Waals surface area contributed by atoms with E-state index in [9.17, 15) is 18.8 Å². The quantitative estimate of drug-likeness (QED) is 0.849. The van der Waals surface area contributed by atoms with Crippen LogP contribution in [0.4, 0.5) is 10.1 Å². The summed E-state index contributed by atoms with van der Waals surface area (Å²) >= 11 is 0. The maximum atomic E-state index is 13.7. The highest BCUT2D eigenvalue weighted by atomic mass is 19.1. The Hall–Kier alpha value is -3.09. The Bertz CT molecular complexity index is 803. The molecular formula is C14H7FN2O4. The van der Waals surface area contributed by atoms with Crippen LogP contribution in [0, 0.1) is 5.82 Å². The number of amides is 2. The first-order valence-electron chi connectivity index (χ1n) is 5.86. The Morgan fingerprint density at radius 1 is 1.14 bits per heavy atom. The molecule has 0 bridgehead atoms. The van der Waals surface area contributed by atoms with E-state index in [2.05, 4.69) is 4.98 Å². The summed E-state index contributed by atoms with van der Waals surface area (Å²) in [5, 5.41) is 8.92. The van der Waals surface area contributed by atoms with Crippen LogP contribution in [0.25, 0.3) is 0 Å². The highest BCUT2D eigenvalue weighted by molar-refractivity contribution is 6.34. The number of carboxylic acids is 1. The van der Waals surface area contributed by atoms with E-state index in [1.54, 1.807) is 0 Å². The molecule has 0 aliphatic carbocycles. The number of carboxylic acid groups (broad SMARTS) is 1. The van der Waals surface area contributed by atoms with E-state index in [1.165, 1.54) is 24.4 Å². The van der Waals surface area contributed by atoms with Crippen molar-refractivity contribution in [3.05, 3.63) is 59.2 Å². The molecule has 0 radical (unpaired) electrons. The molecule has 0 atom stereocenters. The molecule has 1 aliphatic rings. The standard InChI is InChI=1S/C14H7FN2O4/c15-10-6-16-4-3-11(10)17-12(18)8-2-1-7(14(20)21)5-9(8)13(17)19/h1-6H,(H,20,21). The number of aromatic nitrogens is 1. The monoisotopic (exact) mass is 286 g/mol. The lowest BCUT2D eigenvalue weighted by atomic mass is 10.1. The lowest BCUT2D eigenvalue weighted by molar-refractivity contribution is 0.0696.